The zero-order valence-corrected chi connectivity index (χ0v) is 30.3. The molecule has 52 heavy (non-hydrogen) atoms. The highest BCUT2D eigenvalue weighted by atomic mass is 32.1. The SMILES string of the molecule is C=CC(=O)N1C[C@H](C)n2nc(-c3nc(-c4ccc5c(c4)nc(C)n5C)c4ccsc4c3-c3c(F)cc(F)cc3OC[C@H]3CC(=O)N(C)C3)cc2[C@H]1C. The molecule has 4 aromatic heterocycles. The van der Waals surface area contributed by atoms with Crippen LogP contribution < -0.4 is 4.74 Å². The number of carbonyl (C=O) groups is 2. The van der Waals surface area contributed by atoms with Crippen molar-refractivity contribution >= 4 is 44.3 Å². The highest BCUT2D eigenvalue weighted by Gasteiger charge is 2.34. The first kappa shape index (κ1) is 33.7. The van der Waals surface area contributed by atoms with Gasteiger partial charge >= 0.3 is 0 Å². The predicted molar refractivity (Wildman–Crippen MR) is 197 cm³/mol. The number of likely N-dealkylation sites (tertiary alicyclic amines) is 1. The maximum absolute atomic E-state index is 16.4. The smallest absolute Gasteiger partial charge is 0.246 e. The highest BCUT2D eigenvalue weighted by Crippen LogP contribution is 2.48. The molecule has 266 valence electrons. The van der Waals surface area contributed by atoms with Crippen molar-refractivity contribution in [2.75, 3.05) is 26.7 Å². The summed E-state index contributed by atoms with van der Waals surface area (Å²) in [7, 11) is 3.70. The molecular weight excluding hydrogens is 685 g/mol. The van der Waals surface area contributed by atoms with Crippen LogP contribution in [0.15, 0.2) is 60.5 Å². The lowest BCUT2D eigenvalue weighted by Crippen LogP contribution is -2.42. The monoisotopic (exact) mass is 721 g/mol. The van der Waals surface area contributed by atoms with Gasteiger partial charge in [-0.1, -0.05) is 12.6 Å². The number of thiophene rings is 1. The van der Waals surface area contributed by atoms with Gasteiger partial charge in [0.2, 0.25) is 11.8 Å². The third-order valence-corrected chi connectivity index (χ3v) is 11.3. The summed E-state index contributed by atoms with van der Waals surface area (Å²) in [5.41, 5.74) is 5.41. The van der Waals surface area contributed by atoms with Crippen molar-refractivity contribution < 1.29 is 23.1 Å². The van der Waals surface area contributed by atoms with E-state index in [4.69, 9.17) is 19.8 Å². The zero-order chi connectivity index (χ0) is 36.6. The summed E-state index contributed by atoms with van der Waals surface area (Å²) >= 11 is 1.42. The average molecular weight is 722 g/mol. The molecule has 1 fully saturated rings. The van der Waals surface area contributed by atoms with Crippen molar-refractivity contribution in [2.24, 2.45) is 13.0 Å². The van der Waals surface area contributed by atoms with E-state index < -0.39 is 11.6 Å². The van der Waals surface area contributed by atoms with Crippen molar-refractivity contribution in [3.8, 4) is 39.5 Å². The maximum atomic E-state index is 16.4. The summed E-state index contributed by atoms with van der Waals surface area (Å²) in [6.07, 6.45) is 1.60. The largest absolute Gasteiger partial charge is 0.492 e. The molecule has 10 nitrogen and oxygen atoms in total. The van der Waals surface area contributed by atoms with Crippen LogP contribution in [0.1, 0.15) is 43.9 Å². The summed E-state index contributed by atoms with van der Waals surface area (Å²) in [5, 5.41) is 7.76. The van der Waals surface area contributed by atoms with Crippen LogP contribution in [0.25, 0.3) is 54.9 Å². The summed E-state index contributed by atoms with van der Waals surface area (Å²) in [4.78, 5) is 38.5. The molecule has 2 aliphatic rings. The second-order valence-electron chi connectivity index (χ2n) is 13.8. The standard InChI is InChI=1S/C39H37F2N7O3S/c1-7-33(49)47-17-20(2)48-31(21(47)3)16-29(44-48)38-36(35-27(41)14-25(40)15-32(35)51-19-23-12-34(50)45(5)18-23)39-26(10-11-52-39)37(43-38)24-8-9-30-28(13-24)42-22(4)46(30)6/h7-11,13-16,20-21,23H,1,12,17-19H2,2-6H3/t20-,21+,23-/m0/s1. The van der Waals surface area contributed by atoms with Gasteiger partial charge < -0.3 is 19.1 Å². The van der Waals surface area contributed by atoms with Crippen molar-refractivity contribution in [3.63, 3.8) is 0 Å². The van der Waals surface area contributed by atoms with Crippen LogP contribution in [0.2, 0.25) is 0 Å². The first-order chi connectivity index (χ1) is 24.9. The molecule has 2 aromatic carbocycles. The number of fused-ring (bicyclic) bond motifs is 3. The van der Waals surface area contributed by atoms with Gasteiger partial charge in [-0.3, -0.25) is 14.3 Å². The molecule has 0 N–H and O–H groups in total. The molecule has 13 heteroatoms. The second-order valence-corrected chi connectivity index (χ2v) is 14.7. The highest BCUT2D eigenvalue weighted by molar-refractivity contribution is 7.18. The number of aryl methyl sites for hydroxylation is 2. The average Bonchev–Trinajstić information content (AvgIpc) is 3.91. The number of ether oxygens (including phenoxy) is 1. The fourth-order valence-electron chi connectivity index (χ4n) is 7.58. The second kappa shape index (κ2) is 12.7. The molecule has 6 aromatic rings. The van der Waals surface area contributed by atoms with E-state index in [-0.39, 0.29) is 47.7 Å². The number of imidazole rings is 1. The molecular formula is C39H37F2N7O3S. The predicted octanol–water partition coefficient (Wildman–Crippen LogP) is 7.47. The van der Waals surface area contributed by atoms with Crippen molar-refractivity contribution in [3.05, 3.63) is 83.7 Å². The summed E-state index contributed by atoms with van der Waals surface area (Å²) in [6.45, 7) is 10.6. The number of carbonyl (C=O) groups excluding carboxylic acids is 2. The zero-order valence-electron chi connectivity index (χ0n) is 29.5. The Morgan fingerprint density at radius 3 is 2.62 bits per heavy atom. The molecule has 2 amide bonds. The fraction of sp³-hybridized carbons (Fsp3) is 0.308. The Morgan fingerprint density at radius 1 is 1.06 bits per heavy atom. The molecule has 0 aliphatic carbocycles. The van der Waals surface area contributed by atoms with E-state index in [1.807, 2.05) is 72.8 Å². The molecule has 0 radical (unpaired) electrons. The molecule has 0 saturated carbocycles. The lowest BCUT2D eigenvalue weighted by molar-refractivity contribution is -0.129. The topological polar surface area (TPSA) is 98.4 Å². The van der Waals surface area contributed by atoms with E-state index in [1.165, 1.54) is 23.5 Å². The summed E-state index contributed by atoms with van der Waals surface area (Å²) in [5.74, 6) is -1.01. The Labute approximate surface area is 302 Å². The van der Waals surface area contributed by atoms with Crippen LogP contribution in [0, 0.1) is 24.5 Å². The van der Waals surface area contributed by atoms with Gasteiger partial charge in [0, 0.05) is 72.9 Å². The van der Waals surface area contributed by atoms with Crippen molar-refractivity contribution in [1.82, 2.24) is 34.1 Å². The van der Waals surface area contributed by atoms with Crippen molar-refractivity contribution in [1.29, 1.82) is 0 Å². The minimum atomic E-state index is -0.807. The van der Waals surface area contributed by atoms with Crippen LogP contribution in [0.5, 0.6) is 5.75 Å². The lowest BCUT2D eigenvalue weighted by atomic mass is 9.96. The minimum absolute atomic E-state index is 0.00114. The summed E-state index contributed by atoms with van der Waals surface area (Å²) in [6, 6.07) is 11.4. The number of nitrogens with zero attached hydrogens (tertiary/aromatic N) is 7. The van der Waals surface area contributed by atoms with Gasteiger partial charge in [0.15, 0.2) is 0 Å². The van der Waals surface area contributed by atoms with Crippen LogP contribution >= 0.6 is 11.3 Å². The van der Waals surface area contributed by atoms with Crippen LogP contribution in [0.3, 0.4) is 0 Å². The van der Waals surface area contributed by atoms with E-state index in [2.05, 4.69) is 6.58 Å². The van der Waals surface area contributed by atoms with E-state index in [9.17, 15) is 14.0 Å². The van der Waals surface area contributed by atoms with Crippen LogP contribution in [-0.2, 0) is 16.6 Å². The molecule has 3 atom stereocenters. The normalized spacial score (nSPS) is 18.8. The Hall–Kier alpha value is -5.43. The van der Waals surface area contributed by atoms with Crippen LogP contribution in [0.4, 0.5) is 8.78 Å². The third kappa shape index (κ3) is 5.45. The Bertz CT molecular complexity index is 2450. The first-order valence-corrected chi connectivity index (χ1v) is 18.0. The van der Waals surface area contributed by atoms with Crippen LogP contribution in [-0.4, -0.2) is 72.7 Å². The van der Waals surface area contributed by atoms with Gasteiger partial charge in [0.05, 0.1) is 46.7 Å². The van der Waals surface area contributed by atoms with E-state index in [0.29, 0.717) is 42.2 Å². The molecule has 6 heterocycles. The minimum Gasteiger partial charge on any atom is -0.492 e. The van der Waals surface area contributed by atoms with Gasteiger partial charge in [0.25, 0.3) is 0 Å². The van der Waals surface area contributed by atoms with Gasteiger partial charge in [-0.05, 0) is 56.5 Å². The number of rotatable bonds is 7. The number of hydrogen-bond acceptors (Lipinski definition) is 7. The maximum Gasteiger partial charge on any atom is 0.246 e. The third-order valence-electron chi connectivity index (χ3n) is 10.4. The Balaban J connectivity index is 1.36. The molecule has 2 aliphatic heterocycles. The number of halogens is 2. The van der Waals surface area contributed by atoms with E-state index in [1.54, 1.807) is 16.8 Å². The van der Waals surface area contributed by atoms with Gasteiger partial charge in [-0.15, -0.1) is 11.3 Å². The number of amides is 2. The van der Waals surface area contributed by atoms with Gasteiger partial charge in [-0.25, -0.2) is 18.7 Å². The quantitative estimate of drug-likeness (QED) is 0.159. The summed E-state index contributed by atoms with van der Waals surface area (Å²) < 4.78 is 42.3. The van der Waals surface area contributed by atoms with Crippen molar-refractivity contribution in [2.45, 2.75) is 39.3 Å². The molecule has 0 spiro atoms. The Morgan fingerprint density at radius 2 is 1.87 bits per heavy atom. The van der Waals surface area contributed by atoms with Gasteiger partial charge in [-0.2, -0.15) is 5.10 Å². The van der Waals surface area contributed by atoms with Gasteiger partial charge in [0.1, 0.15) is 34.6 Å². The molecule has 0 bridgehead atoms. The molecule has 8 rings (SSSR count). The molecule has 1 saturated heterocycles. The first-order valence-electron chi connectivity index (χ1n) is 17.2. The number of hydrogen-bond donors (Lipinski definition) is 0. The number of pyridine rings is 1. The molecule has 0 unspecified atom stereocenters. The van der Waals surface area contributed by atoms with E-state index in [0.717, 1.165) is 44.3 Å². The van der Waals surface area contributed by atoms with E-state index >= 15 is 4.39 Å². The Kier molecular flexibility index (Phi) is 8.20. The number of aromatic nitrogens is 5. The fourth-order valence-corrected chi connectivity index (χ4v) is 8.53. The lowest BCUT2D eigenvalue weighted by Gasteiger charge is -2.36. The number of benzene rings is 2.